The third-order valence-corrected chi connectivity index (χ3v) is 11.3. The summed E-state index contributed by atoms with van der Waals surface area (Å²) >= 11 is 0. The normalized spacial score (nSPS) is 46.6. The number of anilines is 1. The maximum Gasteiger partial charge on any atom is 0.163 e. The van der Waals surface area contributed by atoms with E-state index in [9.17, 15) is 10.4 Å². The minimum Gasteiger partial charge on any atom is -0.390 e. The molecule has 0 unspecified atom stereocenters. The molecular weight excluding hydrogens is 396 g/mol. The molecule has 174 valence electrons. The second kappa shape index (κ2) is 6.98. The molecule has 3 N–H and O–H groups in total. The van der Waals surface area contributed by atoms with Crippen molar-refractivity contribution in [3.05, 3.63) is 11.8 Å². The largest absolute Gasteiger partial charge is 0.390 e. The quantitative estimate of drug-likeness (QED) is 0.687. The van der Waals surface area contributed by atoms with Crippen LogP contribution in [0.2, 0.25) is 0 Å². The van der Waals surface area contributed by atoms with E-state index in [1.165, 1.54) is 57.8 Å². The van der Waals surface area contributed by atoms with Gasteiger partial charge in [-0.2, -0.15) is 10.4 Å². The minimum absolute atomic E-state index is 0.363. The molecule has 32 heavy (non-hydrogen) atoms. The molecule has 5 nitrogen and oxygen atoms in total. The summed E-state index contributed by atoms with van der Waals surface area (Å²) in [5, 5.41) is 24.4. The van der Waals surface area contributed by atoms with Crippen molar-refractivity contribution in [3.63, 3.8) is 0 Å². The lowest BCUT2D eigenvalue weighted by atomic mass is 9.48. The van der Waals surface area contributed by atoms with E-state index in [0.717, 1.165) is 54.9 Å². The third-order valence-electron chi connectivity index (χ3n) is 11.3. The summed E-state index contributed by atoms with van der Waals surface area (Å²) in [5.74, 6) is 5.47. The maximum atomic E-state index is 10.7. The first-order chi connectivity index (χ1) is 15.2. The van der Waals surface area contributed by atoms with Gasteiger partial charge in [-0.05, 0) is 124 Å². The van der Waals surface area contributed by atoms with Gasteiger partial charge in [0, 0.05) is 12.7 Å². The SMILES string of the molecule is C[C@@]1(O)CC[C@H]2[C@H](CC[C@@H]3[C@@H]2CC[C@]2(C)[C@@H](C4(Cn5cc(C#N)c(N)n5)CC4)CC[C@@H]32)C1. The van der Waals surface area contributed by atoms with E-state index >= 15 is 0 Å². The molecule has 0 amide bonds. The molecule has 0 aliphatic heterocycles. The van der Waals surface area contributed by atoms with Gasteiger partial charge in [-0.1, -0.05) is 6.92 Å². The average Bonchev–Trinajstić information content (AvgIpc) is 3.28. The fourth-order valence-corrected chi connectivity index (χ4v) is 9.79. The molecule has 1 aromatic heterocycles. The Morgan fingerprint density at radius 1 is 1.06 bits per heavy atom. The van der Waals surface area contributed by atoms with Crippen molar-refractivity contribution in [1.29, 1.82) is 5.26 Å². The van der Waals surface area contributed by atoms with Crippen LogP contribution in [0, 0.1) is 57.7 Å². The molecule has 5 fully saturated rings. The number of nitrogen functional groups attached to an aromatic ring is 1. The van der Waals surface area contributed by atoms with Gasteiger partial charge in [0.25, 0.3) is 0 Å². The van der Waals surface area contributed by atoms with Gasteiger partial charge < -0.3 is 10.8 Å². The molecule has 5 heteroatoms. The molecule has 6 rings (SSSR count). The van der Waals surface area contributed by atoms with Gasteiger partial charge in [-0.3, -0.25) is 4.68 Å². The number of fused-ring (bicyclic) bond motifs is 5. The van der Waals surface area contributed by atoms with Crippen molar-refractivity contribution < 1.29 is 5.11 Å². The van der Waals surface area contributed by atoms with Crippen LogP contribution in [0.25, 0.3) is 0 Å². The zero-order valence-electron chi connectivity index (χ0n) is 19.9. The van der Waals surface area contributed by atoms with E-state index < -0.39 is 5.60 Å². The highest BCUT2D eigenvalue weighted by Crippen LogP contribution is 2.71. The molecule has 5 aliphatic carbocycles. The summed E-state index contributed by atoms with van der Waals surface area (Å²) < 4.78 is 1.97. The van der Waals surface area contributed by atoms with Crippen LogP contribution in [0.5, 0.6) is 0 Å². The fourth-order valence-electron chi connectivity index (χ4n) is 9.79. The first-order valence-corrected chi connectivity index (χ1v) is 13.2. The molecule has 0 aromatic carbocycles. The van der Waals surface area contributed by atoms with Crippen LogP contribution in [0.3, 0.4) is 0 Å². The first kappa shape index (κ1) is 21.0. The van der Waals surface area contributed by atoms with E-state index in [4.69, 9.17) is 5.73 Å². The van der Waals surface area contributed by atoms with Crippen LogP contribution in [0.4, 0.5) is 5.82 Å². The molecule has 1 heterocycles. The van der Waals surface area contributed by atoms with Crippen LogP contribution in [-0.2, 0) is 6.54 Å². The van der Waals surface area contributed by atoms with Gasteiger partial charge in [0.2, 0.25) is 0 Å². The Hall–Kier alpha value is -1.54. The standard InChI is InChI=1S/C27H40N4O/c1-25(32)9-7-19-17(13-25)3-4-21-20(19)8-10-26(2)22(21)5-6-23(26)27(11-12-27)16-31-15-18(14-28)24(29)30-31/h15,17,19-23,32H,3-13,16H2,1-2H3,(H2,29,30)/t17-,19+,20-,21-,22+,23+,25-,26+/m1/s1. The van der Waals surface area contributed by atoms with Crippen LogP contribution in [0.15, 0.2) is 6.20 Å². The summed E-state index contributed by atoms with van der Waals surface area (Å²) in [7, 11) is 0. The third kappa shape index (κ3) is 3.08. The zero-order valence-corrected chi connectivity index (χ0v) is 19.9. The summed E-state index contributed by atoms with van der Waals surface area (Å²) in [5.41, 5.74) is 6.87. The smallest absolute Gasteiger partial charge is 0.163 e. The lowest BCUT2D eigenvalue weighted by Gasteiger charge is -2.57. The highest BCUT2D eigenvalue weighted by molar-refractivity contribution is 5.46. The lowest BCUT2D eigenvalue weighted by Crippen LogP contribution is -2.51. The number of aliphatic hydroxyl groups is 1. The molecular formula is C27H40N4O. The first-order valence-electron chi connectivity index (χ1n) is 13.2. The Labute approximate surface area is 192 Å². The molecule has 5 aliphatic rings. The topological polar surface area (TPSA) is 87.9 Å². The Balaban J connectivity index is 1.21. The molecule has 1 aromatic rings. The molecule has 0 spiro atoms. The minimum atomic E-state index is -0.421. The molecule has 5 saturated carbocycles. The molecule has 8 atom stereocenters. The Morgan fingerprint density at radius 3 is 2.56 bits per heavy atom. The number of rotatable bonds is 3. The highest BCUT2D eigenvalue weighted by atomic mass is 16.3. The maximum absolute atomic E-state index is 10.7. The number of nitriles is 1. The zero-order chi connectivity index (χ0) is 22.3. The monoisotopic (exact) mass is 436 g/mol. The molecule has 0 radical (unpaired) electrons. The van der Waals surface area contributed by atoms with Crippen LogP contribution >= 0.6 is 0 Å². The number of aromatic nitrogens is 2. The number of hydrogen-bond donors (Lipinski definition) is 2. The number of nitrogens with zero attached hydrogens (tertiary/aromatic N) is 3. The van der Waals surface area contributed by atoms with Crippen LogP contribution in [-0.4, -0.2) is 20.5 Å². The summed E-state index contributed by atoms with van der Waals surface area (Å²) in [6.07, 6.45) is 16.0. The van der Waals surface area contributed by atoms with Crippen molar-refractivity contribution in [2.24, 2.45) is 46.3 Å². The Kier molecular flexibility index (Phi) is 4.59. The second-order valence-corrected chi connectivity index (χ2v) is 12.9. The van der Waals surface area contributed by atoms with E-state index in [2.05, 4.69) is 25.0 Å². The van der Waals surface area contributed by atoms with Gasteiger partial charge in [-0.25, -0.2) is 0 Å². The van der Waals surface area contributed by atoms with Crippen molar-refractivity contribution in [3.8, 4) is 6.07 Å². The van der Waals surface area contributed by atoms with Gasteiger partial charge in [0.1, 0.15) is 11.6 Å². The van der Waals surface area contributed by atoms with Gasteiger partial charge in [-0.15, -0.1) is 0 Å². The van der Waals surface area contributed by atoms with E-state index in [1.54, 1.807) is 0 Å². The van der Waals surface area contributed by atoms with E-state index in [1.807, 2.05) is 10.9 Å². The van der Waals surface area contributed by atoms with E-state index in [-0.39, 0.29) is 0 Å². The van der Waals surface area contributed by atoms with Crippen LogP contribution < -0.4 is 5.73 Å². The van der Waals surface area contributed by atoms with Crippen molar-refractivity contribution in [1.82, 2.24) is 9.78 Å². The lowest BCUT2D eigenvalue weighted by molar-refractivity contribution is -0.105. The van der Waals surface area contributed by atoms with Gasteiger partial charge in [0.05, 0.1) is 5.60 Å². The van der Waals surface area contributed by atoms with Gasteiger partial charge in [0.15, 0.2) is 5.82 Å². The summed E-state index contributed by atoms with van der Waals surface area (Å²) in [6.45, 7) is 5.64. The number of hydrogen-bond acceptors (Lipinski definition) is 4. The summed E-state index contributed by atoms with van der Waals surface area (Å²) in [4.78, 5) is 0. The van der Waals surface area contributed by atoms with Crippen molar-refractivity contribution >= 4 is 5.82 Å². The Bertz CT molecular complexity index is 940. The van der Waals surface area contributed by atoms with Crippen LogP contribution in [0.1, 0.15) is 90.0 Å². The highest BCUT2D eigenvalue weighted by Gasteiger charge is 2.64. The number of nitrogens with two attached hydrogens (primary N) is 1. The average molecular weight is 437 g/mol. The van der Waals surface area contributed by atoms with Crippen molar-refractivity contribution in [2.75, 3.05) is 5.73 Å². The predicted octanol–water partition coefficient (Wildman–Crippen LogP) is 5.14. The summed E-state index contributed by atoms with van der Waals surface area (Å²) in [6, 6.07) is 2.18. The molecule has 0 bridgehead atoms. The van der Waals surface area contributed by atoms with Gasteiger partial charge >= 0.3 is 0 Å². The predicted molar refractivity (Wildman–Crippen MR) is 124 cm³/mol. The molecule has 0 saturated heterocycles. The van der Waals surface area contributed by atoms with E-state index in [0.29, 0.717) is 22.2 Å². The Morgan fingerprint density at radius 2 is 1.84 bits per heavy atom. The fraction of sp³-hybridized carbons (Fsp3) is 0.852. The second-order valence-electron chi connectivity index (χ2n) is 12.9. The van der Waals surface area contributed by atoms with Crippen molar-refractivity contribution in [2.45, 2.75) is 96.6 Å².